The Morgan fingerprint density at radius 3 is 2.63 bits per heavy atom. The summed E-state index contributed by atoms with van der Waals surface area (Å²) in [4.78, 5) is 8.84. The summed E-state index contributed by atoms with van der Waals surface area (Å²) in [6.07, 6.45) is 5.50. The Balaban J connectivity index is 0.00000155. The van der Waals surface area contributed by atoms with Crippen molar-refractivity contribution >= 4 is 22.8 Å². The maximum absolute atomic E-state index is 5.91. The monoisotopic (exact) mass is 412 g/mol. The lowest BCUT2D eigenvalue weighted by atomic mass is 10.1. The molecule has 2 aromatic heterocycles. The SMILES string of the molecule is CC.CCCCCNc1nc(N)nc2ccn(Cc3ccc(CNC)cc3OC)c12. The highest BCUT2D eigenvalue weighted by molar-refractivity contribution is 5.87. The van der Waals surface area contributed by atoms with Gasteiger partial charge in [-0.15, -0.1) is 0 Å². The van der Waals surface area contributed by atoms with E-state index in [1.807, 2.05) is 33.2 Å². The van der Waals surface area contributed by atoms with Crippen LogP contribution in [0.4, 0.5) is 11.8 Å². The lowest BCUT2D eigenvalue weighted by Crippen LogP contribution is -2.10. The highest BCUT2D eigenvalue weighted by Crippen LogP contribution is 2.27. The summed E-state index contributed by atoms with van der Waals surface area (Å²) in [5, 5.41) is 6.61. The maximum Gasteiger partial charge on any atom is 0.222 e. The van der Waals surface area contributed by atoms with Crippen molar-refractivity contribution in [3.63, 3.8) is 0 Å². The van der Waals surface area contributed by atoms with E-state index in [-0.39, 0.29) is 5.95 Å². The first-order valence-corrected chi connectivity index (χ1v) is 10.8. The van der Waals surface area contributed by atoms with Gasteiger partial charge in [0.15, 0.2) is 5.82 Å². The number of aromatic nitrogens is 3. The Hall–Kier alpha value is -2.80. The second kappa shape index (κ2) is 12.0. The molecule has 2 heterocycles. The minimum Gasteiger partial charge on any atom is -0.496 e. The number of hydrogen-bond acceptors (Lipinski definition) is 6. The van der Waals surface area contributed by atoms with Crippen molar-refractivity contribution in [2.45, 2.75) is 53.1 Å². The average Bonchev–Trinajstić information content (AvgIpc) is 3.16. The number of nitrogen functional groups attached to an aromatic ring is 1. The number of nitrogens with one attached hydrogen (secondary N) is 2. The van der Waals surface area contributed by atoms with Gasteiger partial charge < -0.3 is 25.7 Å². The highest BCUT2D eigenvalue weighted by atomic mass is 16.5. The number of benzene rings is 1. The van der Waals surface area contributed by atoms with E-state index in [1.165, 1.54) is 18.4 Å². The van der Waals surface area contributed by atoms with Gasteiger partial charge in [0.25, 0.3) is 0 Å². The summed E-state index contributed by atoms with van der Waals surface area (Å²) in [5.74, 6) is 1.95. The third-order valence-electron chi connectivity index (χ3n) is 4.77. The van der Waals surface area contributed by atoms with E-state index in [0.717, 1.165) is 47.7 Å². The number of ether oxygens (including phenoxy) is 1. The van der Waals surface area contributed by atoms with Crippen molar-refractivity contribution in [3.05, 3.63) is 41.6 Å². The summed E-state index contributed by atoms with van der Waals surface area (Å²) in [5.41, 5.74) is 10.0. The molecule has 0 fully saturated rings. The zero-order valence-corrected chi connectivity index (χ0v) is 19.0. The number of nitrogens with zero attached hydrogens (tertiary/aromatic N) is 3. The van der Waals surface area contributed by atoms with Crippen molar-refractivity contribution in [2.24, 2.45) is 0 Å². The third-order valence-corrected chi connectivity index (χ3v) is 4.77. The molecule has 0 saturated heterocycles. The van der Waals surface area contributed by atoms with Crippen molar-refractivity contribution < 1.29 is 4.74 Å². The molecule has 164 valence electrons. The molecular weight excluding hydrogens is 376 g/mol. The fraction of sp³-hybridized carbons (Fsp3) is 0.478. The molecule has 0 spiro atoms. The van der Waals surface area contributed by atoms with E-state index >= 15 is 0 Å². The van der Waals surface area contributed by atoms with Gasteiger partial charge >= 0.3 is 0 Å². The van der Waals surface area contributed by atoms with Gasteiger partial charge in [-0.3, -0.25) is 0 Å². The van der Waals surface area contributed by atoms with Gasteiger partial charge in [-0.2, -0.15) is 4.98 Å². The Labute approximate surface area is 180 Å². The summed E-state index contributed by atoms with van der Waals surface area (Å²) >= 11 is 0. The van der Waals surface area contributed by atoms with Gasteiger partial charge in [0, 0.05) is 24.8 Å². The number of methoxy groups -OCH3 is 1. The molecule has 0 saturated carbocycles. The van der Waals surface area contributed by atoms with Crippen molar-refractivity contribution in [2.75, 3.05) is 31.8 Å². The fourth-order valence-corrected chi connectivity index (χ4v) is 3.38. The van der Waals surface area contributed by atoms with Crippen molar-refractivity contribution in [1.29, 1.82) is 0 Å². The standard InChI is InChI=1S/C21H30N6O.C2H6/c1-4-5-6-10-24-20-19-17(25-21(22)26-20)9-11-27(19)14-16-8-7-15(13-23-2)12-18(16)28-3;1-2/h7-9,11-12,23H,4-6,10,13-14H2,1-3H3,(H3,22,24,25,26);1-2H3. The largest absolute Gasteiger partial charge is 0.496 e. The molecule has 0 amide bonds. The van der Waals surface area contributed by atoms with Crippen LogP contribution in [0, 0.1) is 0 Å². The van der Waals surface area contributed by atoms with Gasteiger partial charge in [-0.05, 0) is 31.2 Å². The van der Waals surface area contributed by atoms with E-state index in [1.54, 1.807) is 7.11 Å². The topological polar surface area (TPSA) is 90.0 Å². The van der Waals surface area contributed by atoms with Crippen molar-refractivity contribution in [1.82, 2.24) is 19.9 Å². The number of nitrogens with two attached hydrogens (primary N) is 1. The summed E-state index contributed by atoms with van der Waals surface area (Å²) in [7, 11) is 3.65. The van der Waals surface area contributed by atoms with Crippen LogP contribution in [0.1, 0.15) is 51.2 Å². The molecule has 0 atom stereocenters. The first-order chi connectivity index (χ1) is 14.7. The third kappa shape index (κ3) is 5.86. The van der Waals surface area contributed by atoms with Crippen LogP contribution in [0.25, 0.3) is 11.0 Å². The van der Waals surface area contributed by atoms with Crippen LogP contribution >= 0.6 is 0 Å². The first kappa shape index (κ1) is 23.5. The fourth-order valence-electron chi connectivity index (χ4n) is 3.38. The molecule has 7 nitrogen and oxygen atoms in total. The molecular formula is C23H36N6O. The number of unbranched alkanes of at least 4 members (excludes halogenated alkanes) is 2. The minimum atomic E-state index is 0.289. The van der Waals surface area contributed by atoms with Gasteiger partial charge in [0.1, 0.15) is 11.3 Å². The molecule has 0 aliphatic heterocycles. The predicted molar refractivity (Wildman–Crippen MR) is 126 cm³/mol. The van der Waals surface area contributed by atoms with Gasteiger partial charge in [0.05, 0.1) is 19.2 Å². The van der Waals surface area contributed by atoms with E-state index < -0.39 is 0 Å². The van der Waals surface area contributed by atoms with E-state index in [0.29, 0.717) is 6.54 Å². The Morgan fingerprint density at radius 2 is 1.93 bits per heavy atom. The number of fused-ring (bicyclic) bond motifs is 1. The lowest BCUT2D eigenvalue weighted by Gasteiger charge is -2.14. The van der Waals surface area contributed by atoms with Crippen LogP contribution in [0.3, 0.4) is 0 Å². The maximum atomic E-state index is 5.91. The molecule has 0 unspecified atom stereocenters. The Bertz CT molecular complexity index is 921. The minimum absolute atomic E-state index is 0.289. The van der Waals surface area contributed by atoms with Crippen LogP contribution in [0.15, 0.2) is 30.5 Å². The molecule has 3 aromatic rings. The van der Waals surface area contributed by atoms with Gasteiger partial charge in [-0.1, -0.05) is 45.7 Å². The predicted octanol–water partition coefficient (Wildman–Crippen LogP) is 4.42. The molecule has 3 rings (SSSR count). The normalized spacial score (nSPS) is 10.6. The van der Waals surface area contributed by atoms with Crippen molar-refractivity contribution in [3.8, 4) is 5.75 Å². The van der Waals surface area contributed by atoms with E-state index in [4.69, 9.17) is 10.5 Å². The summed E-state index contributed by atoms with van der Waals surface area (Å²) in [6.45, 7) is 8.54. The summed E-state index contributed by atoms with van der Waals surface area (Å²) < 4.78 is 7.77. The highest BCUT2D eigenvalue weighted by Gasteiger charge is 2.13. The molecule has 0 aliphatic rings. The number of rotatable bonds is 10. The molecule has 1 aromatic carbocycles. The zero-order valence-electron chi connectivity index (χ0n) is 19.0. The molecule has 30 heavy (non-hydrogen) atoms. The Morgan fingerprint density at radius 1 is 1.13 bits per heavy atom. The van der Waals surface area contributed by atoms with Crippen LogP contribution in [0.2, 0.25) is 0 Å². The number of hydrogen-bond donors (Lipinski definition) is 3. The molecule has 4 N–H and O–H groups in total. The molecule has 7 heteroatoms. The number of anilines is 2. The average molecular weight is 413 g/mol. The zero-order chi connectivity index (χ0) is 21.9. The second-order valence-electron chi connectivity index (χ2n) is 6.92. The molecule has 0 radical (unpaired) electrons. The lowest BCUT2D eigenvalue weighted by molar-refractivity contribution is 0.408. The van der Waals surface area contributed by atoms with E-state index in [2.05, 4.69) is 50.3 Å². The van der Waals surface area contributed by atoms with Crippen LogP contribution in [-0.4, -0.2) is 35.2 Å². The van der Waals surface area contributed by atoms with Gasteiger partial charge in [0.2, 0.25) is 5.95 Å². The quantitative estimate of drug-likeness (QED) is 0.427. The second-order valence-corrected chi connectivity index (χ2v) is 6.92. The first-order valence-electron chi connectivity index (χ1n) is 10.8. The van der Waals surface area contributed by atoms with Crippen LogP contribution in [0.5, 0.6) is 5.75 Å². The summed E-state index contributed by atoms with van der Waals surface area (Å²) in [6, 6.07) is 8.30. The molecule has 0 aliphatic carbocycles. The Kier molecular flexibility index (Phi) is 9.41. The van der Waals surface area contributed by atoms with Crippen LogP contribution in [-0.2, 0) is 13.1 Å². The smallest absolute Gasteiger partial charge is 0.222 e. The van der Waals surface area contributed by atoms with Gasteiger partial charge in [-0.25, -0.2) is 4.98 Å². The molecule has 0 bridgehead atoms. The van der Waals surface area contributed by atoms with Crippen LogP contribution < -0.4 is 21.1 Å². The van der Waals surface area contributed by atoms with E-state index in [9.17, 15) is 0 Å².